The van der Waals surface area contributed by atoms with Gasteiger partial charge in [-0.15, -0.1) is 0 Å². The molecule has 1 amide bonds. The molecule has 22 heavy (non-hydrogen) atoms. The molecule has 0 aromatic heterocycles. The Kier molecular flexibility index (Phi) is 4.00. The zero-order valence-corrected chi connectivity index (χ0v) is 11.9. The molecule has 1 N–H and O–H groups in total. The summed E-state index contributed by atoms with van der Waals surface area (Å²) in [4.78, 5) is 23.3. The molecule has 1 aromatic carbocycles. The standard InChI is InChI=1S/C16H17NO5/c18-15(11-3-1-2-4-12(11)16(19)20)17-8-10-5-6-13-14(7-10)22-9-21-13/h1-2,5-7,11-12H,3-4,8-9H2,(H,17,18)(H,19,20)/p-1/t11-,12-/m1/s1. The van der Waals surface area contributed by atoms with Crippen LogP contribution in [0.15, 0.2) is 30.4 Å². The summed E-state index contributed by atoms with van der Waals surface area (Å²) < 4.78 is 10.5. The maximum absolute atomic E-state index is 12.2. The average Bonchev–Trinajstić information content (AvgIpc) is 3.00. The number of aliphatic carboxylic acids is 1. The SMILES string of the molecule is O=C([O-])[C@@H]1CC=CC[C@H]1C(=O)NCc1ccc2c(c1)OCO2. The lowest BCUT2D eigenvalue weighted by atomic mass is 9.82. The van der Waals surface area contributed by atoms with Crippen molar-refractivity contribution in [2.24, 2.45) is 11.8 Å². The highest BCUT2D eigenvalue weighted by Crippen LogP contribution is 2.32. The zero-order chi connectivity index (χ0) is 15.5. The van der Waals surface area contributed by atoms with Crippen molar-refractivity contribution in [1.82, 2.24) is 5.32 Å². The van der Waals surface area contributed by atoms with E-state index in [2.05, 4.69) is 5.32 Å². The first-order valence-corrected chi connectivity index (χ1v) is 7.17. The van der Waals surface area contributed by atoms with Crippen LogP contribution in [0.4, 0.5) is 0 Å². The smallest absolute Gasteiger partial charge is 0.231 e. The van der Waals surface area contributed by atoms with Crippen molar-refractivity contribution in [3.05, 3.63) is 35.9 Å². The number of amides is 1. The van der Waals surface area contributed by atoms with Crippen molar-refractivity contribution in [1.29, 1.82) is 0 Å². The van der Waals surface area contributed by atoms with Crippen LogP contribution >= 0.6 is 0 Å². The molecule has 2 aliphatic rings. The van der Waals surface area contributed by atoms with Gasteiger partial charge in [0.05, 0.1) is 0 Å². The number of carboxylic acid groups (broad SMARTS) is 1. The molecule has 1 aliphatic carbocycles. The average molecular weight is 302 g/mol. The molecule has 0 unspecified atom stereocenters. The summed E-state index contributed by atoms with van der Waals surface area (Å²) in [6.07, 6.45) is 4.38. The monoisotopic (exact) mass is 302 g/mol. The fourth-order valence-corrected chi connectivity index (χ4v) is 2.74. The van der Waals surface area contributed by atoms with Gasteiger partial charge >= 0.3 is 0 Å². The summed E-state index contributed by atoms with van der Waals surface area (Å²) in [7, 11) is 0. The Morgan fingerprint density at radius 3 is 2.64 bits per heavy atom. The number of ether oxygens (including phenoxy) is 2. The summed E-state index contributed by atoms with van der Waals surface area (Å²) >= 11 is 0. The van der Waals surface area contributed by atoms with E-state index in [1.54, 1.807) is 18.2 Å². The van der Waals surface area contributed by atoms with Crippen LogP contribution < -0.4 is 19.9 Å². The van der Waals surface area contributed by atoms with Crippen molar-refractivity contribution in [3.8, 4) is 11.5 Å². The van der Waals surface area contributed by atoms with Gasteiger partial charge in [-0.2, -0.15) is 0 Å². The molecule has 2 atom stereocenters. The Balaban J connectivity index is 1.62. The van der Waals surface area contributed by atoms with Crippen LogP contribution in [0.25, 0.3) is 0 Å². The second-order valence-corrected chi connectivity index (χ2v) is 5.38. The predicted molar refractivity (Wildman–Crippen MR) is 74.8 cm³/mol. The second-order valence-electron chi connectivity index (χ2n) is 5.38. The summed E-state index contributed by atoms with van der Waals surface area (Å²) in [5.74, 6) is -1.45. The van der Waals surface area contributed by atoms with Crippen LogP contribution in [0.5, 0.6) is 11.5 Å². The number of hydrogen-bond donors (Lipinski definition) is 1. The highest BCUT2D eigenvalue weighted by atomic mass is 16.7. The number of fused-ring (bicyclic) bond motifs is 1. The van der Waals surface area contributed by atoms with Crippen molar-refractivity contribution < 1.29 is 24.2 Å². The summed E-state index contributed by atoms with van der Waals surface area (Å²) in [6.45, 7) is 0.516. The number of allylic oxidation sites excluding steroid dienone is 2. The number of carboxylic acids is 1. The predicted octanol–water partition coefficient (Wildman–Crippen LogP) is 0.364. The molecular formula is C16H16NO5-. The Hall–Kier alpha value is -2.50. The minimum atomic E-state index is -1.17. The maximum atomic E-state index is 12.2. The Morgan fingerprint density at radius 1 is 1.14 bits per heavy atom. The molecule has 0 bridgehead atoms. The van der Waals surface area contributed by atoms with Gasteiger partial charge in [0.1, 0.15) is 0 Å². The normalized spacial score (nSPS) is 22.4. The molecular weight excluding hydrogens is 286 g/mol. The first-order valence-electron chi connectivity index (χ1n) is 7.17. The van der Waals surface area contributed by atoms with E-state index in [0.717, 1.165) is 5.56 Å². The first-order chi connectivity index (χ1) is 10.6. The lowest BCUT2D eigenvalue weighted by Crippen LogP contribution is -2.43. The summed E-state index contributed by atoms with van der Waals surface area (Å²) in [5.41, 5.74) is 0.869. The minimum Gasteiger partial charge on any atom is -0.550 e. The van der Waals surface area contributed by atoms with E-state index in [1.165, 1.54) is 0 Å². The van der Waals surface area contributed by atoms with Gasteiger partial charge in [0.2, 0.25) is 12.7 Å². The van der Waals surface area contributed by atoms with E-state index >= 15 is 0 Å². The quantitative estimate of drug-likeness (QED) is 0.812. The fraction of sp³-hybridized carbons (Fsp3) is 0.375. The number of nitrogens with one attached hydrogen (secondary N) is 1. The first kappa shape index (κ1) is 14.4. The third-order valence-electron chi connectivity index (χ3n) is 3.98. The van der Waals surface area contributed by atoms with Crippen LogP contribution in [-0.2, 0) is 16.1 Å². The number of hydrogen-bond acceptors (Lipinski definition) is 5. The van der Waals surface area contributed by atoms with E-state index in [4.69, 9.17) is 9.47 Å². The maximum Gasteiger partial charge on any atom is 0.231 e. The molecule has 116 valence electrons. The molecule has 0 saturated heterocycles. The van der Waals surface area contributed by atoms with Crippen LogP contribution in [0.1, 0.15) is 18.4 Å². The van der Waals surface area contributed by atoms with Gasteiger partial charge in [-0.05, 0) is 30.5 Å². The van der Waals surface area contributed by atoms with Gasteiger partial charge in [0.15, 0.2) is 11.5 Å². The molecule has 0 fully saturated rings. The molecule has 1 heterocycles. The van der Waals surface area contributed by atoms with Crippen LogP contribution in [0.2, 0.25) is 0 Å². The highest BCUT2D eigenvalue weighted by molar-refractivity contribution is 5.84. The summed E-state index contributed by atoms with van der Waals surface area (Å²) in [6, 6.07) is 5.43. The Labute approximate surface area is 127 Å². The minimum absolute atomic E-state index is 0.201. The van der Waals surface area contributed by atoms with Gasteiger partial charge in [-0.25, -0.2) is 0 Å². The molecule has 1 aliphatic heterocycles. The number of carbonyl (C=O) groups is 2. The Bertz CT molecular complexity index is 625. The largest absolute Gasteiger partial charge is 0.550 e. The highest BCUT2D eigenvalue weighted by Gasteiger charge is 2.29. The number of benzene rings is 1. The lowest BCUT2D eigenvalue weighted by molar-refractivity contribution is -0.313. The third-order valence-corrected chi connectivity index (χ3v) is 3.98. The molecule has 0 radical (unpaired) electrons. The number of carbonyl (C=O) groups excluding carboxylic acids is 2. The van der Waals surface area contributed by atoms with Gasteiger partial charge in [-0.3, -0.25) is 4.79 Å². The van der Waals surface area contributed by atoms with E-state index in [9.17, 15) is 14.7 Å². The van der Waals surface area contributed by atoms with E-state index in [-0.39, 0.29) is 12.7 Å². The van der Waals surface area contributed by atoms with Gasteiger partial charge in [-0.1, -0.05) is 18.2 Å². The van der Waals surface area contributed by atoms with Crippen molar-refractivity contribution in [2.75, 3.05) is 6.79 Å². The molecule has 0 spiro atoms. The van der Waals surface area contributed by atoms with Gasteiger partial charge in [0.25, 0.3) is 0 Å². The van der Waals surface area contributed by atoms with Gasteiger partial charge < -0.3 is 24.7 Å². The van der Waals surface area contributed by atoms with Crippen molar-refractivity contribution >= 4 is 11.9 Å². The molecule has 6 nitrogen and oxygen atoms in total. The molecule has 6 heteroatoms. The zero-order valence-electron chi connectivity index (χ0n) is 11.9. The lowest BCUT2D eigenvalue weighted by Gasteiger charge is -2.28. The fourth-order valence-electron chi connectivity index (χ4n) is 2.74. The van der Waals surface area contributed by atoms with E-state index in [0.29, 0.717) is 30.9 Å². The molecule has 1 aromatic rings. The van der Waals surface area contributed by atoms with Crippen LogP contribution in [-0.4, -0.2) is 18.7 Å². The van der Waals surface area contributed by atoms with E-state index < -0.39 is 17.8 Å². The van der Waals surface area contributed by atoms with Crippen LogP contribution in [0, 0.1) is 11.8 Å². The van der Waals surface area contributed by atoms with E-state index in [1.807, 2.05) is 12.1 Å². The van der Waals surface area contributed by atoms with Crippen molar-refractivity contribution in [3.63, 3.8) is 0 Å². The third kappa shape index (κ3) is 2.90. The second kappa shape index (κ2) is 6.09. The van der Waals surface area contributed by atoms with Gasteiger partial charge in [0, 0.05) is 24.3 Å². The molecule has 3 rings (SSSR count). The Morgan fingerprint density at radius 2 is 1.86 bits per heavy atom. The van der Waals surface area contributed by atoms with Crippen molar-refractivity contribution in [2.45, 2.75) is 19.4 Å². The molecule has 0 saturated carbocycles. The summed E-state index contributed by atoms with van der Waals surface area (Å²) in [5, 5.41) is 13.9. The number of rotatable bonds is 4. The topological polar surface area (TPSA) is 87.7 Å². The van der Waals surface area contributed by atoms with Crippen LogP contribution in [0.3, 0.4) is 0 Å².